The summed E-state index contributed by atoms with van der Waals surface area (Å²) >= 11 is 0. The van der Waals surface area contributed by atoms with Gasteiger partial charge < -0.3 is 10.1 Å². The predicted molar refractivity (Wildman–Crippen MR) is 114 cm³/mol. The molecule has 29 heavy (non-hydrogen) atoms. The minimum absolute atomic E-state index is 0.0297. The number of methoxy groups -OCH3 is 1. The van der Waals surface area contributed by atoms with Crippen molar-refractivity contribution in [3.05, 3.63) is 53.1 Å². The number of anilines is 1. The number of sulfonamides is 1. The van der Waals surface area contributed by atoms with E-state index in [0.717, 1.165) is 30.4 Å². The Hall–Kier alpha value is -2.38. The van der Waals surface area contributed by atoms with Crippen molar-refractivity contribution in [2.24, 2.45) is 0 Å². The summed E-state index contributed by atoms with van der Waals surface area (Å²) in [6.45, 7) is 6.30. The molecule has 0 aliphatic carbocycles. The summed E-state index contributed by atoms with van der Waals surface area (Å²) in [4.78, 5) is 12.8. The van der Waals surface area contributed by atoms with Crippen LogP contribution in [0, 0.1) is 13.8 Å². The van der Waals surface area contributed by atoms with Gasteiger partial charge in [0.05, 0.1) is 7.11 Å². The van der Waals surface area contributed by atoms with Gasteiger partial charge in [-0.2, -0.15) is 4.31 Å². The molecule has 1 fully saturated rings. The van der Waals surface area contributed by atoms with Crippen molar-refractivity contribution >= 4 is 21.6 Å². The van der Waals surface area contributed by atoms with Crippen molar-refractivity contribution in [2.75, 3.05) is 19.0 Å². The Labute approximate surface area is 172 Å². The lowest BCUT2D eigenvalue weighted by molar-refractivity contribution is 0.102. The number of nitrogens with one attached hydrogen (secondary N) is 1. The van der Waals surface area contributed by atoms with Gasteiger partial charge >= 0.3 is 0 Å². The number of aryl methyl sites for hydroxylation is 2. The number of ether oxygens (including phenoxy) is 1. The molecule has 0 spiro atoms. The summed E-state index contributed by atoms with van der Waals surface area (Å²) < 4.78 is 33.5. The van der Waals surface area contributed by atoms with Crippen LogP contribution in [0.5, 0.6) is 5.75 Å². The Kier molecular flexibility index (Phi) is 6.29. The van der Waals surface area contributed by atoms with Crippen LogP contribution >= 0.6 is 0 Å². The van der Waals surface area contributed by atoms with E-state index in [9.17, 15) is 13.2 Å². The van der Waals surface area contributed by atoms with Gasteiger partial charge in [0.25, 0.3) is 5.91 Å². The summed E-state index contributed by atoms with van der Waals surface area (Å²) in [7, 11) is -2.33. The summed E-state index contributed by atoms with van der Waals surface area (Å²) in [6.07, 6.45) is 2.68. The average Bonchev–Trinajstić information content (AvgIpc) is 2.69. The Balaban J connectivity index is 1.95. The van der Waals surface area contributed by atoms with E-state index in [1.54, 1.807) is 12.1 Å². The second-order valence-electron chi connectivity index (χ2n) is 7.60. The van der Waals surface area contributed by atoms with E-state index in [4.69, 9.17) is 4.74 Å². The van der Waals surface area contributed by atoms with Gasteiger partial charge in [-0.3, -0.25) is 4.79 Å². The van der Waals surface area contributed by atoms with Crippen LogP contribution < -0.4 is 10.1 Å². The summed E-state index contributed by atoms with van der Waals surface area (Å²) in [6, 6.07) is 10.2. The van der Waals surface area contributed by atoms with E-state index in [2.05, 4.69) is 5.32 Å². The third kappa shape index (κ3) is 4.46. The van der Waals surface area contributed by atoms with Gasteiger partial charge in [-0.15, -0.1) is 0 Å². The molecule has 3 rings (SSSR count). The van der Waals surface area contributed by atoms with E-state index < -0.39 is 10.0 Å². The maximum Gasteiger partial charge on any atom is 0.255 e. The molecule has 2 aromatic carbocycles. The number of hydrogen-bond acceptors (Lipinski definition) is 4. The third-order valence-corrected chi connectivity index (χ3v) is 7.42. The average molecular weight is 417 g/mol. The number of carbonyl (C=O) groups is 1. The number of hydrogen-bond donors (Lipinski definition) is 1. The summed E-state index contributed by atoms with van der Waals surface area (Å²) in [5, 5.41) is 2.87. The van der Waals surface area contributed by atoms with Crippen LogP contribution in [0.4, 0.5) is 5.69 Å². The summed E-state index contributed by atoms with van der Waals surface area (Å²) in [5.74, 6) is -0.117. The van der Waals surface area contributed by atoms with Gasteiger partial charge in [-0.1, -0.05) is 24.1 Å². The van der Waals surface area contributed by atoms with Gasteiger partial charge in [0, 0.05) is 23.8 Å². The maximum absolute atomic E-state index is 13.3. The van der Waals surface area contributed by atoms with Crippen molar-refractivity contribution in [2.45, 2.75) is 51.0 Å². The molecular formula is C22H28N2O4S. The molecule has 1 amide bonds. The van der Waals surface area contributed by atoms with Gasteiger partial charge in [0.1, 0.15) is 10.6 Å². The van der Waals surface area contributed by atoms with Crippen LogP contribution in [0.15, 0.2) is 41.3 Å². The van der Waals surface area contributed by atoms with E-state index >= 15 is 0 Å². The van der Waals surface area contributed by atoms with Gasteiger partial charge in [0.2, 0.25) is 10.0 Å². The quantitative estimate of drug-likeness (QED) is 0.795. The molecule has 156 valence electrons. The number of benzene rings is 2. The Morgan fingerprint density at radius 3 is 2.55 bits per heavy atom. The maximum atomic E-state index is 13.3. The topological polar surface area (TPSA) is 75.7 Å². The fourth-order valence-corrected chi connectivity index (χ4v) is 5.61. The fraction of sp³-hybridized carbons (Fsp3) is 0.409. The fourth-order valence-electron chi connectivity index (χ4n) is 3.72. The molecule has 1 aliphatic rings. The lowest BCUT2D eigenvalue weighted by Crippen LogP contribution is -2.42. The van der Waals surface area contributed by atoms with E-state index in [0.29, 0.717) is 12.2 Å². The standard InChI is InChI=1S/C22H28N2O4S/c1-15-8-10-19(16(2)13-15)23-22(25)18-9-11-20(28-4)21(14-18)29(26,27)24-12-6-5-7-17(24)3/h8-11,13-14,17H,5-7,12H2,1-4H3,(H,23,25). The number of amides is 1. The van der Waals surface area contributed by atoms with E-state index in [-0.39, 0.29) is 28.2 Å². The van der Waals surface area contributed by atoms with Crippen LogP contribution in [-0.2, 0) is 10.0 Å². The Morgan fingerprint density at radius 2 is 1.90 bits per heavy atom. The molecule has 1 unspecified atom stereocenters. The smallest absolute Gasteiger partial charge is 0.255 e. The lowest BCUT2D eigenvalue weighted by Gasteiger charge is -2.32. The van der Waals surface area contributed by atoms with Crippen LogP contribution in [-0.4, -0.2) is 38.3 Å². The molecule has 0 aromatic heterocycles. The second kappa shape index (κ2) is 8.55. The first kappa shape index (κ1) is 21.3. The van der Waals surface area contributed by atoms with Gasteiger partial charge in [-0.25, -0.2) is 8.42 Å². The number of carbonyl (C=O) groups excluding carboxylic acids is 1. The highest BCUT2D eigenvalue weighted by Crippen LogP contribution is 2.32. The SMILES string of the molecule is COc1ccc(C(=O)Nc2ccc(C)cc2C)cc1S(=O)(=O)N1CCCCC1C. The number of rotatable bonds is 5. The second-order valence-corrected chi connectivity index (χ2v) is 9.46. The molecule has 1 heterocycles. The highest BCUT2D eigenvalue weighted by atomic mass is 32.2. The zero-order valence-electron chi connectivity index (χ0n) is 17.4. The van der Waals surface area contributed by atoms with Crippen molar-refractivity contribution in [1.82, 2.24) is 4.31 Å². The molecule has 0 bridgehead atoms. The Morgan fingerprint density at radius 1 is 1.14 bits per heavy atom. The molecule has 1 saturated heterocycles. The molecular weight excluding hydrogens is 388 g/mol. The van der Waals surface area contributed by atoms with Crippen molar-refractivity contribution in [3.8, 4) is 5.75 Å². The first-order chi connectivity index (χ1) is 13.7. The molecule has 6 nitrogen and oxygen atoms in total. The first-order valence-electron chi connectivity index (χ1n) is 9.82. The lowest BCUT2D eigenvalue weighted by atomic mass is 10.1. The molecule has 1 atom stereocenters. The molecule has 1 aliphatic heterocycles. The molecule has 7 heteroatoms. The highest BCUT2D eigenvalue weighted by molar-refractivity contribution is 7.89. The van der Waals surface area contributed by atoms with Gasteiger partial charge in [-0.05, 0) is 63.4 Å². The predicted octanol–water partition coefficient (Wildman–Crippen LogP) is 4.13. The monoisotopic (exact) mass is 416 g/mol. The number of piperidine rings is 1. The molecule has 0 radical (unpaired) electrons. The van der Waals surface area contributed by atoms with Crippen LogP contribution in [0.3, 0.4) is 0 Å². The first-order valence-corrected chi connectivity index (χ1v) is 11.3. The zero-order valence-corrected chi connectivity index (χ0v) is 18.2. The molecule has 1 N–H and O–H groups in total. The highest BCUT2D eigenvalue weighted by Gasteiger charge is 2.33. The largest absolute Gasteiger partial charge is 0.495 e. The van der Waals surface area contributed by atoms with Crippen molar-refractivity contribution in [1.29, 1.82) is 0 Å². The van der Waals surface area contributed by atoms with Crippen LogP contribution in [0.25, 0.3) is 0 Å². The molecule has 0 saturated carbocycles. The normalized spacial score (nSPS) is 17.7. The molecule has 2 aromatic rings. The van der Waals surface area contributed by atoms with Crippen LogP contribution in [0.1, 0.15) is 47.7 Å². The van der Waals surface area contributed by atoms with E-state index in [1.165, 1.54) is 17.5 Å². The van der Waals surface area contributed by atoms with E-state index in [1.807, 2.05) is 39.0 Å². The minimum Gasteiger partial charge on any atom is -0.495 e. The van der Waals surface area contributed by atoms with Crippen molar-refractivity contribution in [3.63, 3.8) is 0 Å². The van der Waals surface area contributed by atoms with Crippen LogP contribution in [0.2, 0.25) is 0 Å². The van der Waals surface area contributed by atoms with Crippen molar-refractivity contribution < 1.29 is 17.9 Å². The number of nitrogens with zero attached hydrogens (tertiary/aromatic N) is 1. The zero-order chi connectivity index (χ0) is 21.2. The minimum atomic E-state index is -3.77. The Bertz CT molecular complexity index is 1020. The van der Waals surface area contributed by atoms with Gasteiger partial charge in [0.15, 0.2) is 0 Å². The third-order valence-electron chi connectivity index (χ3n) is 5.38. The summed E-state index contributed by atoms with van der Waals surface area (Å²) in [5.41, 5.74) is 3.02.